The average molecular weight is 217 g/mol. The molecule has 0 bridgehead atoms. The van der Waals surface area contributed by atoms with Crippen molar-refractivity contribution < 1.29 is 9.53 Å². The molecule has 2 rings (SSSR count). The van der Waals surface area contributed by atoms with Gasteiger partial charge in [0.1, 0.15) is 5.75 Å². The van der Waals surface area contributed by atoms with Gasteiger partial charge in [0.2, 0.25) is 0 Å². The van der Waals surface area contributed by atoms with Crippen molar-refractivity contribution in [2.24, 2.45) is 5.92 Å². The van der Waals surface area contributed by atoms with Gasteiger partial charge in [-0.25, -0.2) is 0 Å². The van der Waals surface area contributed by atoms with Gasteiger partial charge in [0.15, 0.2) is 5.78 Å². The summed E-state index contributed by atoms with van der Waals surface area (Å²) in [7, 11) is 1.62. The molecule has 0 spiro atoms. The minimum atomic E-state index is -0.0103. The van der Waals surface area contributed by atoms with Crippen LogP contribution < -0.4 is 4.74 Å². The van der Waals surface area contributed by atoms with Crippen LogP contribution in [0.5, 0.6) is 5.75 Å². The maximum Gasteiger partial charge on any atom is 0.167 e. The van der Waals surface area contributed by atoms with E-state index in [1.807, 2.05) is 32.0 Å². The largest absolute Gasteiger partial charge is 0.496 e. The van der Waals surface area contributed by atoms with Crippen LogP contribution in [0.25, 0.3) is 10.9 Å². The summed E-state index contributed by atoms with van der Waals surface area (Å²) in [6, 6.07) is 5.71. The number of carbonyl (C=O) groups excluding carboxylic acids is 1. The van der Waals surface area contributed by atoms with Crippen molar-refractivity contribution in [3.05, 3.63) is 30.0 Å². The fourth-order valence-electron chi connectivity index (χ4n) is 1.83. The molecule has 1 aromatic heterocycles. The third kappa shape index (κ3) is 1.58. The summed E-state index contributed by atoms with van der Waals surface area (Å²) in [6.07, 6.45) is 1.76. The lowest BCUT2D eigenvalue weighted by atomic mass is 10.0. The molecule has 1 N–H and O–H groups in total. The van der Waals surface area contributed by atoms with E-state index in [0.717, 1.165) is 16.7 Å². The SMILES string of the molecule is COc1cccc2[nH]cc(C(=O)C(C)C)c12. The van der Waals surface area contributed by atoms with Crippen LogP contribution in [0.4, 0.5) is 0 Å². The Morgan fingerprint density at radius 1 is 1.38 bits per heavy atom. The number of benzene rings is 1. The first-order valence-electron chi connectivity index (χ1n) is 5.33. The Bertz CT molecular complexity index is 526. The first kappa shape index (κ1) is 10.7. The minimum absolute atomic E-state index is 0.0103. The molecule has 2 aromatic rings. The predicted molar refractivity (Wildman–Crippen MR) is 64.0 cm³/mol. The number of carbonyl (C=O) groups is 1. The van der Waals surface area contributed by atoms with Crippen LogP contribution in [-0.4, -0.2) is 17.9 Å². The van der Waals surface area contributed by atoms with E-state index in [4.69, 9.17) is 4.74 Å². The van der Waals surface area contributed by atoms with Gasteiger partial charge in [-0.2, -0.15) is 0 Å². The van der Waals surface area contributed by atoms with Gasteiger partial charge < -0.3 is 9.72 Å². The molecular weight excluding hydrogens is 202 g/mol. The maximum absolute atomic E-state index is 12.0. The number of Topliss-reactive ketones (excluding diaryl/α,β-unsaturated/α-hetero) is 1. The van der Waals surface area contributed by atoms with E-state index >= 15 is 0 Å². The van der Waals surface area contributed by atoms with Crippen molar-refractivity contribution >= 4 is 16.7 Å². The van der Waals surface area contributed by atoms with Crippen molar-refractivity contribution in [1.82, 2.24) is 4.98 Å². The molecule has 0 aliphatic heterocycles. The quantitative estimate of drug-likeness (QED) is 0.803. The van der Waals surface area contributed by atoms with E-state index < -0.39 is 0 Å². The molecule has 16 heavy (non-hydrogen) atoms. The van der Waals surface area contributed by atoms with Crippen molar-refractivity contribution in [3.8, 4) is 5.75 Å². The lowest BCUT2D eigenvalue weighted by Crippen LogP contribution is -2.06. The summed E-state index contributed by atoms with van der Waals surface area (Å²) in [4.78, 5) is 15.1. The van der Waals surface area contributed by atoms with Gasteiger partial charge in [-0.1, -0.05) is 19.9 Å². The maximum atomic E-state index is 12.0. The van der Waals surface area contributed by atoms with E-state index in [1.165, 1.54) is 0 Å². The van der Waals surface area contributed by atoms with Gasteiger partial charge >= 0.3 is 0 Å². The van der Waals surface area contributed by atoms with E-state index in [0.29, 0.717) is 5.56 Å². The normalized spacial score (nSPS) is 11.0. The smallest absolute Gasteiger partial charge is 0.167 e. The number of ketones is 1. The molecule has 0 unspecified atom stereocenters. The highest BCUT2D eigenvalue weighted by Gasteiger charge is 2.17. The van der Waals surface area contributed by atoms with Gasteiger partial charge in [-0.05, 0) is 12.1 Å². The number of nitrogens with one attached hydrogen (secondary N) is 1. The Morgan fingerprint density at radius 3 is 2.75 bits per heavy atom. The number of aromatic nitrogens is 1. The third-order valence-electron chi connectivity index (χ3n) is 2.68. The lowest BCUT2D eigenvalue weighted by molar-refractivity contribution is 0.0941. The summed E-state index contributed by atoms with van der Waals surface area (Å²) >= 11 is 0. The second-order valence-corrected chi connectivity index (χ2v) is 4.10. The first-order chi connectivity index (χ1) is 7.65. The van der Waals surface area contributed by atoms with Gasteiger partial charge in [-0.3, -0.25) is 4.79 Å². The Hall–Kier alpha value is -1.77. The van der Waals surface area contributed by atoms with Gasteiger partial charge in [0, 0.05) is 23.2 Å². The number of ether oxygens (including phenoxy) is 1. The highest BCUT2D eigenvalue weighted by Crippen LogP contribution is 2.29. The molecule has 3 heteroatoms. The van der Waals surface area contributed by atoms with Crippen LogP contribution in [0.3, 0.4) is 0 Å². The highest BCUT2D eigenvalue weighted by atomic mass is 16.5. The summed E-state index contributed by atoms with van der Waals surface area (Å²) in [5.74, 6) is 0.863. The van der Waals surface area contributed by atoms with Crippen LogP contribution in [-0.2, 0) is 0 Å². The third-order valence-corrected chi connectivity index (χ3v) is 2.68. The minimum Gasteiger partial charge on any atom is -0.496 e. The van der Waals surface area contributed by atoms with Gasteiger partial charge in [0.05, 0.1) is 12.5 Å². The lowest BCUT2D eigenvalue weighted by Gasteiger charge is -2.05. The molecule has 0 aliphatic carbocycles. The average Bonchev–Trinajstić information content (AvgIpc) is 2.71. The summed E-state index contributed by atoms with van der Waals surface area (Å²) in [5, 5.41) is 0.878. The number of hydrogen-bond donors (Lipinski definition) is 1. The van der Waals surface area contributed by atoms with Crippen molar-refractivity contribution in [2.45, 2.75) is 13.8 Å². The molecule has 1 aromatic carbocycles. The fraction of sp³-hybridized carbons (Fsp3) is 0.308. The fourth-order valence-corrected chi connectivity index (χ4v) is 1.83. The molecule has 0 amide bonds. The number of hydrogen-bond acceptors (Lipinski definition) is 2. The standard InChI is InChI=1S/C13H15NO2/c1-8(2)13(15)9-7-14-10-5-4-6-11(16-3)12(9)10/h4-8,14H,1-3H3. The molecule has 0 atom stereocenters. The van der Waals surface area contributed by atoms with Crippen LogP contribution in [0, 0.1) is 5.92 Å². The second kappa shape index (κ2) is 4.00. The molecule has 84 valence electrons. The first-order valence-corrected chi connectivity index (χ1v) is 5.33. The number of methoxy groups -OCH3 is 1. The Balaban J connectivity index is 2.67. The predicted octanol–water partition coefficient (Wildman–Crippen LogP) is 3.02. The zero-order chi connectivity index (χ0) is 11.7. The molecule has 0 aliphatic rings. The monoisotopic (exact) mass is 217 g/mol. The summed E-state index contributed by atoms with van der Waals surface area (Å²) in [6.45, 7) is 3.80. The Morgan fingerprint density at radius 2 is 2.12 bits per heavy atom. The zero-order valence-corrected chi connectivity index (χ0v) is 9.70. The molecule has 0 saturated heterocycles. The van der Waals surface area contributed by atoms with Gasteiger partial charge in [-0.15, -0.1) is 0 Å². The van der Waals surface area contributed by atoms with E-state index in [2.05, 4.69) is 4.98 Å². The number of aromatic amines is 1. The van der Waals surface area contributed by atoms with E-state index in [9.17, 15) is 4.79 Å². The molecular formula is C13H15NO2. The van der Waals surface area contributed by atoms with Crippen molar-refractivity contribution in [1.29, 1.82) is 0 Å². The van der Waals surface area contributed by atoms with E-state index in [1.54, 1.807) is 13.3 Å². The summed E-state index contributed by atoms with van der Waals surface area (Å²) < 4.78 is 5.28. The van der Waals surface area contributed by atoms with Crippen LogP contribution in [0.15, 0.2) is 24.4 Å². The highest BCUT2D eigenvalue weighted by molar-refractivity contribution is 6.10. The Labute approximate surface area is 94.4 Å². The van der Waals surface area contributed by atoms with Crippen LogP contribution >= 0.6 is 0 Å². The van der Waals surface area contributed by atoms with E-state index in [-0.39, 0.29) is 11.7 Å². The number of fused-ring (bicyclic) bond motifs is 1. The number of H-pyrrole nitrogens is 1. The molecule has 3 nitrogen and oxygen atoms in total. The molecule has 0 radical (unpaired) electrons. The number of rotatable bonds is 3. The zero-order valence-electron chi connectivity index (χ0n) is 9.70. The molecule has 0 saturated carbocycles. The topological polar surface area (TPSA) is 42.1 Å². The summed E-state index contributed by atoms with van der Waals surface area (Å²) in [5.41, 5.74) is 1.64. The Kier molecular flexibility index (Phi) is 2.69. The van der Waals surface area contributed by atoms with Crippen LogP contribution in [0.2, 0.25) is 0 Å². The van der Waals surface area contributed by atoms with Gasteiger partial charge in [0.25, 0.3) is 0 Å². The molecule has 1 heterocycles. The van der Waals surface area contributed by atoms with Crippen molar-refractivity contribution in [2.75, 3.05) is 7.11 Å². The van der Waals surface area contributed by atoms with Crippen LogP contribution in [0.1, 0.15) is 24.2 Å². The second-order valence-electron chi connectivity index (χ2n) is 4.10. The molecule has 0 fully saturated rings. The van der Waals surface area contributed by atoms with Crippen molar-refractivity contribution in [3.63, 3.8) is 0 Å².